The van der Waals surface area contributed by atoms with E-state index in [1.807, 2.05) is 72.9 Å². The van der Waals surface area contributed by atoms with Crippen molar-refractivity contribution in [2.24, 2.45) is 0 Å². The van der Waals surface area contributed by atoms with Crippen molar-refractivity contribution < 1.29 is 4.42 Å². The van der Waals surface area contributed by atoms with Gasteiger partial charge in [-0.3, -0.25) is 9.55 Å². The Morgan fingerprint density at radius 1 is 0.526 bits per heavy atom. The molecule has 0 atom stereocenters. The Morgan fingerprint density at radius 3 is 1.97 bits per heavy atom. The van der Waals surface area contributed by atoms with E-state index >= 15 is 0 Å². The van der Waals surface area contributed by atoms with Crippen LogP contribution < -0.4 is 0 Å². The molecule has 0 aliphatic carbocycles. The lowest BCUT2D eigenvalue weighted by molar-refractivity contribution is 0.668. The molecule has 6 nitrogen and oxygen atoms in total. The first-order chi connectivity index (χ1) is 18.8. The van der Waals surface area contributed by atoms with Crippen molar-refractivity contribution in [1.29, 1.82) is 0 Å². The molecule has 0 unspecified atom stereocenters. The number of hydrogen-bond acceptors (Lipinski definition) is 5. The number of rotatable bonds is 3. The molecule has 8 aromatic rings. The Hall–Kier alpha value is -5.36. The van der Waals surface area contributed by atoms with Crippen LogP contribution >= 0.6 is 0 Å². The average Bonchev–Trinajstić information content (AvgIpc) is 3.53. The largest absolute Gasteiger partial charge is 0.456 e. The van der Waals surface area contributed by atoms with Gasteiger partial charge in [0.05, 0.1) is 11.0 Å². The normalized spacial score (nSPS) is 11.7. The molecule has 8 rings (SSSR count). The summed E-state index contributed by atoms with van der Waals surface area (Å²) in [6, 6.07) is 34.7. The molecule has 0 N–H and O–H groups in total. The number of fused-ring (bicyclic) bond motifs is 6. The van der Waals surface area contributed by atoms with Gasteiger partial charge in [-0.15, -0.1) is 0 Å². The quantitative estimate of drug-likeness (QED) is 0.256. The topological polar surface area (TPSA) is 69.6 Å². The highest BCUT2D eigenvalue weighted by atomic mass is 16.3. The fraction of sp³-hybridized carbons (Fsp3) is 0. The van der Waals surface area contributed by atoms with E-state index in [1.54, 1.807) is 6.20 Å². The summed E-state index contributed by atoms with van der Waals surface area (Å²) < 4.78 is 8.25. The Kier molecular flexibility index (Phi) is 4.42. The van der Waals surface area contributed by atoms with Crippen LogP contribution in [0.2, 0.25) is 0 Å². The molecule has 0 aliphatic rings. The number of aromatic nitrogens is 5. The minimum absolute atomic E-state index is 0.570. The van der Waals surface area contributed by atoms with Crippen molar-refractivity contribution in [3.63, 3.8) is 0 Å². The second kappa shape index (κ2) is 8.08. The fourth-order valence-electron chi connectivity index (χ4n) is 5.21. The number of pyridine rings is 1. The van der Waals surface area contributed by atoms with E-state index in [0.29, 0.717) is 17.6 Å². The first-order valence-corrected chi connectivity index (χ1v) is 12.4. The third-order valence-electron chi connectivity index (χ3n) is 6.97. The molecule has 0 amide bonds. The van der Waals surface area contributed by atoms with Crippen LogP contribution in [0.4, 0.5) is 0 Å². The molecule has 4 aromatic heterocycles. The molecule has 4 aromatic carbocycles. The standard InChI is InChI=1S/C32H19N5O/c1-2-8-20(9-3-1)30-34-31(21-14-15-24-25-19-33-17-16-28(25)38-29(24)18-21)36-32(35-30)37-26-12-6-4-10-22(26)23-11-5-7-13-27(23)37/h1-19H. The zero-order chi connectivity index (χ0) is 25.1. The van der Waals surface area contributed by atoms with Gasteiger partial charge in [-0.2, -0.15) is 9.97 Å². The van der Waals surface area contributed by atoms with Gasteiger partial charge >= 0.3 is 0 Å². The van der Waals surface area contributed by atoms with Gasteiger partial charge in [0.15, 0.2) is 11.6 Å². The number of furan rings is 1. The summed E-state index contributed by atoms with van der Waals surface area (Å²) in [5, 5.41) is 4.31. The van der Waals surface area contributed by atoms with Gasteiger partial charge < -0.3 is 4.42 Å². The summed E-state index contributed by atoms with van der Waals surface area (Å²) >= 11 is 0. The molecular weight excluding hydrogens is 470 g/mol. The lowest BCUT2D eigenvalue weighted by Crippen LogP contribution is -2.06. The minimum Gasteiger partial charge on any atom is -0.456 e. The summed E-state index contributed by atoms with van der Waals surface area (Å²) in [5.74, 6) is 1.76. The number of nitrogens with zero attached hydrogens (tertiary/aromatic N) is 5. The predicted octanol–water partition coefficient (Wildman–Crippen LogP) is 7.60. The van der Waals surface area contributed by atoms with Crippen molar-refractivity contribution in [1.82, 2.24) is 24.5 Å². The first-order valence-electron chi connectivity index (χ1n) is 12.4. The van der Waals surface area contributed by atoms with E-state index in [9.17, 15) is 0 Å². The highest BCUT2D eigenvalue weighted by molar-refractivity contribution is 6.09. The molecule has 0 fully saturated rings. The summed E-state index contributed by atoms with van der Waals surface area (Å²) in [7, 11) is 0. The molecule has 0 saturated heterocycles. The SMILES string of the molecule is c1ccc(-c2nc(-c3ccc4c(c3)oc3ccncc34)nc(-n3c4ccccc4c4ccccc43)n2)cc1. The van der Waals surface area contributed by atoms with E-state index in [4.69, 9.17) is 19.4 Å². The van der Waals surface area contributed by atoms with Gasteiger partial charge in [-0.25, -0.2) is 4.98 Å². The maximum absolute atomic E-state index is 6.13. The molecule has 178 valence electrons. The van der Waals surface area contributed by atoms with Crippen molar-refractivity contribution in [2.75, 3.05) is 0 Å². The van der Waals surface area contributed by atoms with Crippen molar-refractivity contribution in [3.8, 4) is 28.7 Å². The summed E-state index contributed by atoms with van der Waals surface area (Å²) in [6.07, 6.45) is 3.57. The highest BCUT2D eigenvalue weighted by Crippen LogP contribution is 2.34. The first kappa shape index (κ1) is 20.8. The summed E-state index contributed by atoms with van der Waals surface area (Å²) in [6.45, 7) is 0. The predicted molar refractivity (Wildman–Crippen MR) is 150 cm³/mol. The van der Waals surface area contributed by atoms with E-state index in [2.05, 4.69) is 45.9 Å². The van der Waals surface area contributed by atoms with Crippen molar-refractivity contribution in [2.45, 2.75) is 0 Å². The lowest BCUT2D eigenvalue weighted by Gasteiger charge is -2.10. The summed E-state index contributed by atoms with van der Waals surface area (Å²) in [5.41, 5.74) is 5.44. The van der Waals surface area contributed by atoms with Crippen LogP contribution in [-0.2, 0) is 0 Å². The smallest absolute Gasteiger partial charge is 0.238 e. The molecule has 0 aliphatic heterocycles. The maximum atomic E-state index is 6.13. The van der Waals surface area contributed by atoms with Gasteiger partial charge in [-0.1, -0.05) is 72.8 Å². The molecule has 6 heteroatoms. The molecule has 4 heterocycles. The van der Waals surface area contributed by atoms with Gasteiger partial charge in [-0.05, 0) is 30.3 Å². The zero-order valence-electron chi connectivity index (χ0n) is 20.1. The molecule has 0 bridgehead atoms. The maximum Gasteiger partial charge on any atom is 0.238 e. The van der Waals surface area contributed by atoms with Crippen LogP contribution in [0.25, 0.3) is 72.5 Å². The Bertz CT molecular complexity index is 2090. The van der Waals surface area contributed by atoms with Crippen LogP contribution in [0.1, 0.15) is 0 Å². The van der Waals surface area contributed by atoms with Gasteiger partial charge in [0.2, 0.25) is 5.95 Å². The molecule has 0 spiro atoms. The third kappa shape index (κ3) is 3.14. The zero-order valence-corrected chi connectivity index (χ0v) is 20.1. The van der Waals surface area contributed by atoms with Crippen LogP contribution in [0, 0.1) is 0 Å². The van der Waals surface area contributed by atoms with Gasteiger partial charge in [0, 0.05) is 45.1 Å². The summed E-state index contributed by atoms with van der Waals surface area (Å²) in [4.78, 5) is 19.2. The van der Waals surface area contributed by atoms with E-state index in [-0.39, 0.29) is 0 Å². The molecule has 0 radical (unpaired) electrons. The molecule has 0 saturated carbocycles. The van der Waals surface area contributed by atoms with Crippen molar-refractivity contribution in [3.05, 3.63) is 116 Å². The van der Waals surface area contributed by atoms with Crippen LogP contribution in [0.15, 0.2) is 120 Å². The molecular formula is C32H19N5O. The van der Waals surface area contributed by atoms with Crippen LogP contribution in [0.5, 0.6) is 0 Å². The van der Waals surface area contributed by atoms with E-state index < -0.39 is 0 Å². The lowest BCUT2D eigenvalue weighted by atomic mass is 10.1. The Morgan fingerprint density at radius 2 is 1.21 bits per heavy atom. The highest BCUT2D eigenvalue weighted by Gasteiger charge is 2.18. The molecule has 38 heavy (non-hydrogen) atoms. The third-order valence-corrected chi connectivity index (χ3v) is 6.97. The van der Waals surface area contributed by atoms with Crippen LogP contribution in [0.3, 0.4) is 0 Å². The number of benzene rings is 4. The second-order valence-electron chi connectivity index (χ2n) is 9.20. The Balaban J connectivity index is 1.41. The fourth-order valence-corrected chi connectivity index (χ4v) is 5.21. The number of para-hydroxylation sites is 2. The van der Waals surface area contributed by atoms with Crippen LogP contribution in [-0.4, -0.2) is 24.5 Å². The van der Waals surface area contributed by atoms with E-state index in [1.165, 1.54) is 0 Å². The van der Waals surface area contributed by atoms with E-state index in [0.717, 1.165) is 54.9 Å². The van der Waals surface area contributed by atoms with Crippen molar-refractivity contribution >= 4 is 43.7 Å². The second-order valence-corrected chi connectivity index (χ2v) is 9.20. The minimum atomic E-state index is 0.570. The number of hydrogen-bond donors (Lipinski definition) is 0. The monoisotopic (exact) mass is 489 g/mol. The van der Waals surface area contributed by atoms with Gasteiger partial charge in [0.1, 0.15) is 11.2 Å². The Labute approximate surface area is 216 Å². The van der Waals surface area contributed by atoms with Gasteiger partial charge in [0.25, 0.3) is 0 Å². The average molecular weight is 490 g/mol.